The second-order valence-electron chi connectivity index (χ2n) is 4.27. The van der Waals surface area contributed by atoms with Crippen LogP contribution in [0.5, 0.6) is 0 Å². The summed E-state index contributed by atoms with van der Waals surface area (Å²) < 4.78 is 56.7. The number of hydrogen-bond donors (Lipinski definition) is 0. The lowest BCUT2D eigenvalue weighted by Gasteiger charge is -2.30. The summed E-state index contributed by atoms with van der Waals surface area (Å²) in [7, 11) is -5.70. The van der Waals surface area contributed by atoms with E-state index in [2.05, 4.69) is 0 Å². The van der Waals surface area contributed by atoms with Crippen molar-refractivity contribution in [3.8, 4) is 0 Å². The number of rotatable bonds is 4. The smallest absolute Gasteiger partial charge is 0.510 e. The molecule has 0 bridgehead atoms. The van der Waals surface area contributed by atoms with E-state index < -0.39 is 26.5 Å². The number of sulfonamides is 1. The van der Waals surface area contributed by atoms with E-state index in [0.29, 0.717) is 0 Å². The van der Waals surface area contributed by atoms with E-state index in [-0.39, 0.29) is 12.3 Å². The van der Waals surface area contributed by atoms with Gasteiger partial charge in [-0.05, 0) is 12.3 Å². The molecule has 17 heavy (non-hydrogen) atoms. The van der Waals surface area contributed by atoms with Crippen molar-refractivity contribution >= 4 is 10.0 Å². The molecule has 0 aliphatic heterocycles. The van der Waals surface area contributed by atoms with Gasteiger partial charge in [-0.3, -0.25) is 4.47 Å². The van der Waals surface area contributed by atoms with Gasteiger partial charge in [0.05, 0.1) is 0 Å². The van der Waals surface area contributed by atoms with Gasteiger partial charge in [-0.25, -0.2) is 8.42 Å². The molecule has 1 aliphatic carbocycles. The van der Waals surface area contributed by atoms with Crippen LogP contribution in [0.25, 0.3) is 0 Å². The minimum Gasteiger partial charge on any atom is -0.772 e. The van der Waals surface area contributed by atoms with Gasteiger partial charge >= 0.3 is 15.5 Å². The SMILES string of the molecule is O=S(=O)(N([O-])CCC1CCCCC1)C(F)(F)F. The Morgan fingerprint density at radius 2 is 1.71 bits per heavy atom. The van der Waals surface area contributed by atoms with Gasteiger partial charge in [0, 0.05) is 6.54 Å². The van der Waals surface area contributed by atoms with Crippen molar-refractivity contribution in [1.29, 1.82) is 0 Å². The van der Waals surface area contributed by atoms with Crippen LogP contribution in [0.15, 0.2) is 0 Å². The third-order valence-corrected chi connectivity index (χ3v) is 4.31. The lowest BCUT2D eigenvalue weighted by atomic mass is 9.87. The van der Waals surface area contributed by atoms with Crippen LogP contribution in [-0.2, 0) is 10.0 Å². The standard InChI is InChI=1S/C9H15F3NO3S/c10-9(11,12)17(15,16)13(14)7-6-8-4-2-1-3-5-8/h8H,1-7H2/q-1. The lowest BCUT2D eigenvalue weighted by Crippen LogP contribution is -2.38. The Bertz CT molecular complexity index is 336. The zero-order valence-corrected chi connectivity index (χ0v) is 10.1. The van der Waals surface area contributed by atoms with E-state index in [1.54, 1.807) is 0 Å². The molecule has 8 heteroatoms. The van der Waals surface area contributed by atoms with Crippen molar-refractivity contribution in [2.75, 3.05) is 6.54 Å². The van der Waals surface area contributed by atoms with Crippen LogP contribution in [0.1, 0.15) is 38.5 Å². The summed E-state index contributed by atoms with van der Waals surface area (Å²) in [5, 5.41) is 11.0. The van der Waals surface area contributed by atoms with E-state index in [9.17, 15) is 26.8 Å². The normalized spacial score (nSPS) is 19.8. The highest BCUT2D eigenvalue weighted by molar-refractivity contribution is 7.90. The molecule has 0 amide bonds. The molecule has 0 radical (unpaired) electrons. The molecule has 0 aromatic carbocycles. The van der Waals surface area contributed by atoms with Crippen molar-refractivity contribution in [2.24, 2.45) is 5.92 Å². The average molecular weight is 274 g/mol. The number of hydrogen-bond acceptors (Lipinski definition) is 3. The second kappa shape index (κ2) is 5.53. The van der Waals surface area contributed by atoms with Gasteiger partial charge in [0.25, 0.3) is 0 Å². The Morgan fingerprint density at radius 1 is 1.18 bits per heavy atom. The van der Waals surface area contributed by atoms with Crippen molar-refractivity contribution in [3.05, 3.63) is 5.21 Å². The third-order valence-electron chi connectivity index (χ3n) is 3.01. The molecule has 0 saturated heterocycles. The fourth-order valence-electron chi connectivity index (χ4n) is 2.00. The van der Waals surface area contributed by atoms with Gasteiger partial charge in [-0.2, -0.15) is 13.2 Å². The Labute approximate surface area is 98.4 Å². The summed E-state index contributed by atoms with van der Waals surface area (Å²) in [6.45, 7) is -0.605. The maximum Gasteiger partial charge on any atom is 0.510 e. The van der Waals surface area contributed by atoms with Crippen LogP contribution in [0.4, 0.5) is 13.2 Å². The molecular weight excluding hydrogens is 259 g/mol. The van der Waals surface area contributed by atoms with Crippen molar-refractivity contribution in [3.63, 3.8) is 0 Å². The lowest BCUT2D eigenvalue weighted by molar-refractivity contribution is -0.0478. The fraction of sp³-hybridized carbons (Fsp3) is 1.00. The van der Waals surface area contributed by atoms with Gasteiger partial charge in [0.1, 0.15) is 0 Å². The van der Waals surface area contributed by atoms with Crippen LogP contribution < -0.4 is 0 Å². The Balaban J connectivity index is 2.46. The number of nitrogens with zero attached hydrogens (tertiary/aromatic N) is 1. The van der Waals surface area contributed by atoms with E-state index >= 15 is 0 Å². The fourth-order valence-corrected chi connectivity index (χ4v) is 2.58. The van der Waals surface area contributed by atoms with Gasteiger partial charge < -0.3 is 5.21 Å². The molecule has 0 unspecified atom stereocenters. The van der Waals surface area contributed by atoms with Crippen LogP contribution >= 0.6 is 0 Å². The zero-order valence-electron chi connectivity index (χ0n) is 9.24. The molecule has 0 aromatic rings. The van der Waals surface area contributed by atoms with Crippen molar-refractivity contribution in [1.82, 2.24) is 4.47 Å². The van der Waals surface area contributed by atoms with Gasteiger partial charge in [0.2, 0.25) is 0 Å². The zero-order chi connectivity index (χ0) is 13.1. The predicted octanol–water partition coefficient (Wildman–Crippen LogP) is 2.61. The molecule has 1 fully saturated rings. The summed E-state index contributed by atoms with van der Waals surface area (Å²) in [6, 6.07) is 0. The van der Waals surface area contributed by atoms with Gasteiger partial charge in [0.15, 0.2) is 0 Å². The number of alkyl halides is 3. The molecule has 1 aliphatic rings. The predicted molar refractivity (Wildman–Crippen MR) is 56.2 cm³/mol. The molecule has 0 heterocycles. The highest BCUT2D eigenvalue weighted by atomic mass is 32.2. The topological polar surface area (TPSA) is 60.4 Å². The second-order valence-corrected chi connectivity index (χ2v) is 6.09. The Kier molecular flexibility index (Phi) is 4.79. The highest BCUT2D eigenvalue weighted by Gasteiger charge is 2.46. The average Bonchev–Trinajstić information content (AvgIpc) is 2.25. The van der Waals surface area contributed by atoms with E-state index in [0.717, 1.165) is 32.1 Å². The summed E-state index contributed by atoms with van der Waals surface area (Å²) in [6.07, 6.45) is 5.02. The minimum atomic E-state index is -5.70. The van der Waals surface area contributed by atoms with Crippen LogP contribution in [0.2, 0.25) is 0 Å². The highest BCUT2D eigenvalue weighted by Crippen LogP contribution is 2.29. The van der Waals surface area contributed by atoms with Gasteiger partial charge in [-0.1, -0.05) is 32.1 Å². The quantitative estimate of drug-likeness (QED) is 0.740. The summed E-state index contributed by atoms with van der Waals surface area (Å²) in [4.78, 5) is 0. The van der Waals surface area contributed by atoms with Gasteiger partial charge in [-0.15, -0.1) is 0 Å². The number of hydroxylamine groups is 1. The Hall–Kier alpha value is -0.340. The van der Waals surface area contributed by atoms with Crippen LogP contribution in [0.3, 0.4) is 0 Å². The third kappa shape index (κ3) is 3.82. The molecule has 1 saturated carbocycles. The first-order valence-electron chi connectivity index (χ1n) is 5.51. The minimum absolute atomic E-state index is 0.170. The summed E-state index contributed by atoms with van der Waals surface area (Å²) in [5.41, 5.74) is -5.50. The molecule has 0 atom stereocenters. The maximum absolute atomic E-state index is 12.0. The monoisotopic (exact) mass is 274 g/mol. The van der Waals surface area contributed by atoms with E-state index in [1.165, 1.54) is 0 Å². The van der Waals surface area contributed by atoms with E-state index in [1.807, 2.05) is 0 Å². The Morgan fingerprint density at radius 3 is 2.18 bits per heavy atom. The van der Waals surface area contributed by atoms with Crippen LogP contribution in [-0.4, -0.2) is 24.9 Å². The first-order chi connectivity index (χ1) is 7.75. The molecule has 4 nitrogen and oxygen atoms in total. The summed E-state index contributed by atoms with van der Waals surface area (Å²) >= 11 is 0. The first kappa shape index (κ1) is 14.7. The van der Waals surface area contributed by atoms with Crippen LogP contribution in [0, 0.1) is 11.1 Å². The first-order valence-corrected chi connectivity index (χ1v) is 6.95. The number of halogens is 3. The molecular formula is C9H15F3NO3S-. The van der Waals surface area contributed by atoms with Crippen molar-refractivity contribution in [2.45, 2.75) is 44.0 Å². The molecule has 1 rings (SSSR count). The largest absolute Gasteiger partial charge is 0.772 e. The molecule has 102 valence electrons. The molecule has 0 N–H and O–H groups in total. The molecule has 0 aromatic heterocycles. The van der Waals surface area contributed by atoms with Crippen molar-refractivity contribution < 1.29 is 21.6 Å². The molecule has 0 spiro atoms. The maximum atomic E-state index is 12.0. The summed E-state index contributed by atoms with van der Waals surface area (Å²) in [5.74, 6) is 0.170. The van der Waals surface area contributed by atoms with E-state index in [4.69, 9.17) is 0 Å².